The maximum absolute atomic E-state index is 13.2. The molecule has 2 heterocycles. The summed E-state index contributed by atoms with van der Waals surface area (Å²) in [6.45, 7) is 0.149. The van der Waals surface area contributed by atoms with E-state index in [1.54, 1.807) is 24.5 Å². The first-order chi connectivity index (χ1) is 21.1. The lowest BCUT2D eigenvalue weighted by Crippen LogP contribution is -2.36. The molecular formula is C34H27F3N2O4S. The zero-order chi connectivity index (χ0) is 31.2. The fraction of sp³-hybridized carbons (Fsp3) is 0.118. The van der Waals surface area contributed by atoms with Crippen molar-refractivity contribution in [1.29, 1.82) is 0 Å². The van der Waals surface area contributed by atoms with Gasteiger partial charge >= 0.3 is 15.6 Å². The van der Waals surface area contributed by atoms with Gasteiger partial charge in [0.05, 0.1) is 12.2 Å². The minimum Gasteiger partial charge on any atom is -0.376 e. The Hall–Kier alpha value is -4.96. The highest BCUT2D eigenvalue weighted by molar-refractivity contribution is 7.88. The topological polar surface area (TPSA) is 76.6 Å². The molecule has 6 nitrogen and oxygen atoms in total. The number of aromatic nitrogens is 1. The van der Waals surface area contributed by atoms with Crippen LogP contribution in [0.2, 0.25) is 0 Å². The second kappa shape index (κ2) is 13.1. The van der Waals surface area contributed by atoms with Crippen molar-refractivity contribution in [3.63, 3.8) is 0 Å². The van der Waals surface area contributed by atoms with Crippen LogP contribution >= 0.6 is 0 Å². The molecule has 1 aliphatic heterocycles. The van der Waals surface area contributed by atoms with Crippen molar-refractivity contribution in [2.24, 2.45) is 0 Å². The van der Waals surface area contributed by atoms with Gasteiger partial charge in [0.25, 0.3) is 0 Å². The third-order valence-electron chi connectivity index (χ3n) is 6.94. The highest BCUT2D eigenvalue weighted by Gasteiger charge is 2.49. The van der Waals surface area contributed by atoms with Gasteiger partial charge in [0.2, 0.25) is 5.91 Å². The summed E-state index contributed by atoms with van der Waals surface area (Å²) < 4.78 is 67.5. The van der Waals surface area contributed by atoms with Crippen LogP contribution in [0, 0.1) is 0 Å². The second-order valence-electron chi connectivity index (χ2n) is 9.86. The predicted molar refractivity (Wildman–Crippen MR) is 163 cm³/mol. The number of pyridine rings is 1. The fourth-order valence-corrected chi connectivity index (χ4v) is 5.34. The molecule has 1 amide bonds. The number of rotatable bonds is 6. The van der Waals surface area contributed by atoms with Gasteiger partial charge in [-0.05, 0) is 52.9 Å². The molecular weight excluding hydrogens is 589 g/mol. The van der Waals surface area contributed by atoms with Crippen LogP contribution in [-0.2, 0) is 27.9 Å². The van der Waals surface area contributed by atoms with Crippen LogP contribution < -0.4 is 9.08 Å². The Morgan fingerprint density at radius 3 is 1.82 bits per heavy atom. The first kappa shape index (κ1) is 30.5. The van der Waals surface area contributed by atoms with E-state index in [2.05, 4.69) is 9.17 Å². The lowest BCUT2D eigenvalue weighted by atomic mass is 9.92. The van der Waals surface area contributed by atoms with E-state index in [0.29, 0.717) is 11.3 Å². The van der Waals surface area contributed by atoms with Crippen molar-refractivity contribution in [2.75, 3.05) is 4.90 Å². The van der Waals surface area contributed by atoms with E-state index in [9.17, 15) is 26.4 Å². The van der Waals surface area contributed by atoms with E-state index in [1.807, 2.05) is 91.0 Å². The molecule has 224 valence electrons. The standard InChI is InChI=1S/C29H22F3NO4S.C5H5N/c30-29(31,32)38(35,36)37-26-17-15-24(23-9-5-2-6-10-23)28-25(26)16-18-27(34)33(28)19-20-11-13-22(14-12-20)21-7-3-1-4-8-21;1-2-4-6-5-3-1/h1-15,17H,16,18-19H2;1-5H. The maximum atomic E-state index is 13.2. The van der Waals surface area contributed by atoms with Gasteiger partial charge in [-0.1, -0.05) is 91.0 Å². The van der Waals surface area contributed by atoms with Crippen molar-refractivity contribution in [2.45, 2.75) is 24.9 Å². The van der Waals surface area contributed by atoms with Crippen molar-refractivity contribution < 1.29 is 30.6 Å². The van der Waals surface area contributed by atoms with Crippen LogP contribution in [-0.4, -0.2) is 24.8 Å². The normalized spacial score (nSPS) is 13.0. The number of halogens is 3. The summed E-state index contributed by atoms with van der Waals surface area (Å²) in [4.78, 5) is 18.5. The molecule has 0 bridgehead atoms. The van der Waals surface area contributed by atoms with Gasteiger partial charge in [-0.2, -0.15) is 21.6 Å². The number of benzene rings is 4. The van der Waals surface area contributed by atoms with Crippen molar-refractivity contribution in [3.8, 4) is 28.0 Å². The number of carbonyl (C=O) groups is 1. The highest BCUT2D eigenvalue weighted by atomic mass is 32.2. The zero-order valence-electron chi connectivity index (χ0n) is 23.3. The maximum Gasteiger partial charge on any atom is 0.534 e. The smallest absolute Gasteiger partial charge is 0.376 e. The van der Waals surface area contributed by atoms with Crippen molar-refractivity contribution in [1.82, 2.24) is 4.98 Å². The second-order valence-corrected chi connectivity index (χ2v) is 11.4. The van der Waals surface area contributed by atoms with Crippen LogP contribution in [0.15, 0.2) is 128 Å². The molecule has 0 radical (unpaired) electrons. The van der Waals surface area contributed by atoms with Crippen molar-refractivity contribution >= 4 is 21.7 Å². The third-order valence-corrected chi connectivity index (χ3v) is 7.90. The van der Waals surface area contributed by atoms with Gasteiger partial charge in [-0.3, -0.25) is 9.78 Å². The molecule has 6 rings (SSSR count). The molecule has 0 unspecified atom stereocenters. The molecule has 0 N–H and O–H groups in total. The van der Waals surface area contributed by atoms with E-state index in [0.717, 1.165) is 22.3 Å². The van der Waals surface area contributed by atoms with Gasteiger partial charge in [-0.15, -0.1) is 0 Å². The summed E-state index contributed by atoms with van der Waals surface area (Å²) in [5.41, 5.74) is -0.842. The summed E-state index contributed by atoms with van der Waals surface area (Å²) in [5, 5.41) is 0. The SMILES string of the molecule is O=C1CCc2c(OS(=O)(=O)C(F)(F)F)ccc(-c3ccccc3)c2N1Cc1ccc(-c2ccccc2)cc1.c1ccncc1. The molecule has 0 fully saturated rings. The first-order valence-electron chi connectivity index (χ1n) is 13.7. The Kier molecular flexibility index (Phi) is 9.10. The molecule has 0 atom stereocenters. The number of fused-ring (bicyclic) bond motifs is 1. The van der Waals surface area contributed by atoms with Gasteiger partial charge in [-0.25, -0.2) is 0 Å². The van der Waals surface area contributed by atoms with Gasteiger partial charge in [0.15, 0.2) is 0 Å². The number of carbonyl (C=O) groups excluding carboxylic acids is 1. The van der Waals surface area contributed by atoms with Crippen LogP contribution in [0.25, 0.3) is 22.3 Å². The van der Waals surface area contributed by atoms with Crippen LogP contribution in [0.1, 0.15) is 17.5 Å². The summed E-state index contributed by atoms with van der Waals surface area (Å²) in [7, 11) is -5.89. The number of hydrogen-bond donors (Lipinski definition) is 0. The molecule has 0 spiro atoms. The Morgan fingerprint density at radius 1 is 0.705 bits per heavy atom. The third kappa shape index (κ3) is 6.98. The minimum atomic E-state index is -5.89. The number of nitrogens with zero attached hydrogens (tertiary/aromatic N) is 2. The summed E-state index contributed by atoms with van der Waals surface area (Å²) in [6.07, 6.45) is 3.54. The van der Waals surface area contributed by atoms with Crippen LogP contribution in [0.4, 0.5) is 18.9 Å². The number of anilines is 1. The summed E-state index contributed by atoms with van der Waals surface area (Å²) in [5.74, 6) is -0.661. The monoisotopic (exact) mass is 616 g/mol. The van der Waals surface area contributed by atoms with E-state index in [1.165, 1.54) is 17.0 Å². The molecule has 10 heteroatoms. The molecule has 0 saturated heterocycles. The molecule has 5 aromatic rings. The van der Waals surface area contributed by atoms with E-state index >= 15 is 0 Å². The lowest BCUT2D eigenvalue weighted by molar-refractivity contribution is -0.119. The van der Waals surface area contributed by atoms with Gasteiger partial charge in [0.1, 0.15) is 5.75 Å². The largest absolute Gasteiger partial charge is 0.534 e. The van der Waals surface area contributed by atoms with Crippen LogP contribution in [0.3, 0.4) is 0 Å². The number of hydrogen-bond acceptors (Lipinski definition) is 5. The van der Waals surface area contributed by atoms with Gasteiger partial charge in [0, 0.05) is 29.9 Å². The fourth-order valence-electron chi connectivity index (χ4n) is 4.85. The Bertz CT molecular complexity index is 1790. The number of alkyl halides is 3. The van der Waals surface area contributed by atoms with Crippen LogP contribution in [0.5, 0.6) is 5.75 Å². The van der Waals surface area contributed by atoms with E-state index in [-0.39, 0.29) is 30.9 Å². The molecule has 0 aliphatic carbocycles. The Labute approximate surface area is 253 Å². The molecule has 44 heavy (non-hydrogen) atoms. The average Bonchev–Trinajstić information content (AvgIpc) is 3.04. The summed E-state index contributed by atoms with van der Waals surface area (Å²) in [6, 6.07) is 34.9. The minimum absolute atomic E-state index is 0.00420. The molecule has 0 saturated carbocycles. The zero-order valence-corrected chi connectivity index (χ0v) is 24.1. The summed E-state index contributed by atoms with van der Waals surface area (Å²) >= 11 is 0. The first-order valence-corrected chi connectivity index (χ1v) is 15.1. The molecule has 1 aromatic heterocycles. The Balaban J connectivity index is 0.000000573. The van der Waals surface area contributed by atoms with E-state index < -0.39 is 21.4 Å². The Morgan fingerprint density at radius 2 is 1.27 bits per heavy atom. The molecule has 4 aromatic carbocycles. The van der Waals surface area contributed by atoms with E-state index in [4.69, 9.17) is 0 Å². The highest BCUT2D eigenvalue weighted by Crippen LogP contribution is 2.44. The lowest BCUT2D eigenvalue weighted by Gasteiger charge is -2.33. The predicted octanol–water partition coefficient (Wildman–Crippen LogP) is 7.81. The van der Waals surface area contributed by atoms with Gasteiger partial charge < -0.3 is 9.08 Å². The number of amides is 1. The quantitative estimate of drug-likeness (QED) is 0.144. The molecule has 1 aliphatic rings. The average molecular weight is 617 g/mol. The van der Waals surface area contributed by atoms with Crippen molar-refractivity contribution in [3.05, 3.63) is 139 Å².